The molecule has 1 amide bonds. The van der Waals surface area contributed by atoms with E-state index in [9.17, 15) is 9.59 Å². The molecule has 0 unspecified atom stereocenters. The van der Waals surface area contributed by atoms with Gasteiger partial charge in [0.05, 0.1) is 23.1 Å². The van der Waals surface area contributed by atoms with Crippen LogP contribution in [0.25, 0.3) is 11.0 Å². The minimum Gasteiger partial charge on any atom is -0.450 e. The number of ether oxygens (including phenoxy) is 1. The highest BCUT2D eigenvalue weighted by atomic mass is 16.5. The van der Waals surface area contributed by atoms with Crippen LogP contribution in [-0.4, -0.2) is 30.1 Å². The Balaban J connectivity index is 1.81. The topological polar surface area (TPSA) is 59.8 Å². The molecule has 1 aliphatic rings. The highest BCUT2D eigenvalue weighted by molar-refractivity contribution is 5.99. The number of hydrogen-bond acceptors (Lipinski definition) is 4. The van der Waals surface area contributed by atoms with E-state index in [-0.39, 0.29) is 28.6 Å². The summed E-state index contributed by atoms with van der Waals surface area (Å²) in [6.07, 6.45) is 0.815. The minimum atomic E-state index is -0.471. The van der Waals surface area contributed by atoms with E-state index >= 15 is 0 Å². The molecule has 33 heavy (non-hydrogen) atoms. The maximum absolute atomic E-state index is 13.6. The molecule has 1 aromatic heterocycles. The Hall–Kier alpha value is -2.92. The van der Waals surface area contributed by atoms with Crippen LogP contribution < -0.4 is 5.43 Å². The molecular formula is C28H33NO4. The van der Waals surface area contributed by atoms with Crippen LogP contribution in [0.5, 0.6) is 0 Å². The van der Waals surface area contributed by atoms with Gasteiger partial charge >= 0.3 is 0 Å². The van der Waals surface area contributed by atoms with Gasteiger partial charge in [0.15, 0.2) is 5.43 Å². The monoisotopic (exact) mass is 447 g/mol. The second-order valence-electron chi connectivity index (χ2n) is 10.2. The van der Waals surface area contributed by atoms with Crippen LogP contribution in [0.15, 0.2) is 51.7 Å². The second kappa shape index (κ2) is 8.79. The molecule has 0 aliphatic carbocycles. The molecule has 1 atom stereocenters. The van der Waals surface area contributed by atoms with Gasteiger partial charge in [0.25, 0.3) is 5.91 Å². The lowest BCUT2D eigenvalue weighted by Gasteiger charge is -2.26. The Morgan fingerprint density at radius 3 is 2.39 bits per heavy atom. The Kier molecular flexibility index (Phi) is 6.19. The number of hydrogen-bond donors (Lipinski definition) is 0. The van der Waals surface area contributed by atoms with Gasteiger partial charge in [-0.25, -0.2) is 0 Å². The van der Waals surface area contributed by atoms with Gasteiger partial charge < -0.3 is 14.1 Å². The third-order valence-electron chi connectivity index (χ3n) is 6.21. The smallest absolute Gasteiger partial charge is 0.290 e. The van der Waals surface area contributed by atoms with E-state index in [2.05, 4.69) is 32.9 Å². The zero-order valence-corrected chi connectivity index (χ0v) is 20.4. The van der Waals surface area contributed by atoms with Gasteiger partial charge in [0.2, 0.25) is 5.76 Å². The number of benzene rings is 2. The average molecular weight is 448 g/mol. The number of rotatable bonds is 6. The van der Waals surface area contributed by atoms with Gasteiger partial charge in [-0.3, -0.25) is 9.59 Å². The molecule has 5 nitrogen and oxygen atoms in total. The molecule has 0 saturated carbocycles. The fraction of sp³-hybridized carbons (Fsp3) is 0.429. The van der Waals surface area contributed by atoms with E-state index in [1.54, 1.807) is 11.0 Å². The molecule has 174 valence electrons. The maximum atomic E-state index is 13.6. The van der Waals surface area contributed by atoms with E-state index < -0.39 is 6.04 Å². The predicted molar refractivity (Wildman–Crippen MR) is 131 cm³/mol. The molecular weight excluding hydrogens is 414 g/mol. The van der Waals surface area contributed by atoms with Crippen molar-refractivity contribution in [2.24, 2.45) is 0 Å². The fourth-order valence-corrected chi connectivity index (χ4v) is 4.43. The molecule has 0 saturated heterocycles. The van der Waals surface area contributed by atoms with Gasteiger partial charge in [-0.1, -0.05) is 56.7 Å². The number of aryl methyl sites for hydroxylation is 1. The summed E-state index contributed by atoms with van der Waals surface area (Å²) >= 11 is 0. The van der Waals surface area contributed by atoms with Crippen LogP contribution in [0.1, 0.15) is 79.9 Å². The summed E-state index contributed by atoms with van der Waals surface area (Å²) in [5, 5.41) is 0.517. The molecule has 5 heteroatoms. The molecule has 1 aliphatic heterocycles. The van der Waals surface area contributed by atoms with Gasteiger partial charge in [0, 0.05) is 13.2 Å². The number of fused-ring (bicyclic) bond motifs is 2. The van der Waals surface area contributed by atoms with Crippen molar-refractivity contribution in [1.29, 1.82) is 0 Å². The zero-order valence-electron chi connectivity index (χ0n) is 20.4. The molecule has 0 bridgehead atoms. The third-order valence-corrected chi connectivity index (χ3v) is 6.21. The van der Waals surface area contributed by atoms with E-state index in [1.165, 1.54) is 5.56 Å². The highest BCUT2D eigenvalue weighted by Gasteiger charge is 2.42. The van der Waals surface area contributed by atoms with Crippen molar-refractivity contribution >= 4 is 16.9 Å². The predicted octanol–water partition coefficient (Wildman–Crippen LogP) is 5.76. The number of nitrogens with zero attached hydrogens (tertiary/aromatic N) is 1. The van der Waals surface area contributed by atoms with Gasteiger partial charge in [-0.15, -0.1) is 0 Å². The van der Waals surface area contributed by atoms with Crippen molar-refractivity contribution in [2.75, 3.05) is 13.2 Å². The number of amides is 1. The molecule has 3 aromatic rings. The summed E-state index contributed by atoms with van der Waals surface area (Å²) in [6.45, 7) is 13.5. The van der Waals surface area contributed by atoms with Crippen LogP contribution in [0, 0.1) is 6.92 Å². The van der Waals surface area contributed by atoms with E-state index in [0.29, 0.717) is 36.1 Å². The SMILES string of the molecule is Cc1ccc2oc3c(c(=O)c2c1)[C@@H](c1ccc(C(C)(C)C)cc1)N(CCCOC(C)C)C3=O. The van der Waals surface area contributed by atoms with Crippen molar-refractivity contribution in [3.05, 3.63) is 80.7 Å². The van der Waals surface area contributed by atoms with E-state index in [1.807, 2.05) is 45.0 Å². The van der Waals surface area contributed by atoms with Crippen molar-refractivity contribution in [3.8, 4) is 0 Å². The highest BCUT2D eigenvalue weighted by Crippen LogP contribution is 2.39. The molecule has 0 N–H and O–H groups in total. The van der Waals surface area contributed by atoms with Crippen LogP contribution in [-0.2, 0) is 10.2 Å². The van der Waals surface area contributed by atoms with Crippen LogP contribution >= 0.6 is 0 Å². The number of carbonyl (C=O) groups excluding carboxylic acids is 1. The third kappa shape index (κ3) is 4.47. The summed E-state index contributed by atoms with van der Waals surface area (Å²) in [6, 6.07) is 13.3. The van der Waals surface area contributed by atoms with Gasteiger partial charge in [-0.2, -0.15) is 0 Å². The lowest BCUT2D eigenvalue weighted by atomic mass is 9.86. The molecule has 0 spiro atoms. The summed E-state index contributed by atoms with van der Waals surface area (Å²) in [4.78, 5) is 28.8. The average Bonchev–Trinajstić information content (AvgIpc) is 3.03. The quantitative estimate of drug-likeness (QED) is 0.451. The van der Waals surface area contributed by atoms with Crippen molar-refractivity contribution < 1.29 is 13.9 Å². The first-order chi connectivity index (χ1) is 15.6. The van der Waals surface area contributed by atoms with Gasteiger partial charge in [0.1, 0.15) is 5.58 Å². The van der Waals surface area contributed by atoms with Gasteiger partial charge in [-0.05, 0) is 55.9 Å². The maximum Gasteiger partial charge on any atom is 0.290 e. The fourth-order valence-electron chi connectivity index (χ4n) is 4.43. The summed E-state index contributed by atoms with van der Waals surface area (Å²) in [7, 11) is 0. The molecule has 2 aromatic carbocycles. The lowest BCUT2D eigenvalue weighted by Crippen LogP contribution is -2.31. The summed E-state index contributed by atoms with van der Waals surface area (Å²) in [5.41, 5.74) is 3.87. The van der Waals surface area contributed by atoms with Crippen molar-refractivity contribution in [1.82, 2.24) is 4.90 Å². The van der Waals surface area contributed by atoms with Crippen molar-refractivity contribution in [3.63, 3.8) is 0 Å². The zero-order chi connectivity index (χ0) is 23.9. The first-order valence-electron chi connectivity index (χ1n) is 11.7. The number of carbonyl (C=O) groups is 1. The Labute approximate surface area is 195 Å². The van der Waals surface area contributed by atoms with Crippen LogP contribution in [0.3, 0.4) is 0 Å². The first kappa shape index (κ1) is 23.2. The Bertz CT molecular complexity index is 1230. The lowest BCUT2D eigenvalue weighted by molar-refractivity contribution is 0.0593. The molecule has 0 radical (unpaired) electrons. The normalized spacial score (nSPS) is 16.2. The first-order valence-corrected chi connectivity index (χ1v) is 11.7. The summed E-state index contributed by atoms with van der Waals surface area (Å²) in [5.74, 6) is -0.0787. The largest absolute Gasteiger partial charge is 0.450 e. The Morgan fingerprint density at radius 2 is 1.76 bits per heavy atom. The molecule has 4 rings (SSSR count). The standard InChI is InChI=1S/C28H33NO4/c1-17(2)32-15-7-14-29-24(19-9-11-20(12-10-19)28(4,5)6)23-25(30)21-16-18(3)8-13-22(21)33-26(23)27(29)31/h8-13,16-17,24H,7,14-15H2,1-6H3/t24-/m1/s1. The molecule has 0 fully saturated rings. The summed E-state index contributed by atoms with van der Waals surface area (Å²) < 4.78 is 11.7. The van der Waals surface area contributed by atoms with E-state index in [4.69, 9.17) is 9.15 Å². The molecule has 2 heterocycles. The van der Waals surface area contributed by atoms with E-state index in [0.717, 1.165) is 11.1 Å². The van der Waals surface area contributed by atoms with Crippen LogP contribution in [0.2, 0.25) is 0 Å². The Morgan fingerprint density at radius 1 is 1.06 bits per heavy atom. The minimum absolute atomic E-state index is 0.0164. The second-order valence-corrected chi connectivity index (χ2v) is 10.2. The van der Waals surface area contributed by atoms with Crippen molar-refractivity contribution in [2.45, 2.75) is 65.5 Å². The van der Waals surface area contributed by atoms with Crippen LogP contribution in [0.4, 0.5) is 0 Å².